The molecule has 108 valence electrons. The molecule has 0 aliphatic heterocycles. The van der Waals surface area contributed by atoms with Crippen molar-refractivity contribution in [2.75, 3.05) is 17.3 Å². The normalized spacial score (nSPS) is 22.9. The first-order chi connectivity index (χ1) is 9.78. The lowest BCUT2D eigenvalue weighted by Gasteiger charge is -2.27. The van der Waals surface area contributed by atoms with Crippen LogP contribution in [0.4, 0.5) is 11.8 Å². The summed E-state index contributed by atoms with van der Waals surface area (Å²) in [7, 11) is 0. The number of nitrogens with zero attached hydrogens (tertiary/aromatic N) is 3. The zero-order valence-electron chi connectivity index (χ0n) is 11.1. The number of aliphatic hydroxyl groups excluding tert-OH is 1. The number of aliphatic hydroxyl groups is 1. The smallest absolute Gasteiger partial charge is 0.241 e. The predicted molar refractivity (Wildman–Crippen MR) is 75.9 cm³/mol. The van der Waals surface area contributed by atoms with E-state index in [1.807, 2.05) is 0 Å². The number of aromatic amines is 1. The molecule has 3 rings (SSSR count). The predicted octanol–water partition coefficient (Wildman–Crippen LogP) is 0.601. The average Bonchev–Trinajstić information content (AvgIpc) is 2.94. The van der Waals surface area contributed by atoms with Gasteiger partial charge < -0.3 is 10.4 Å². The molecule has 6 N–H and O–H groups in total. The number of hydrazine groups is 1. The molecule has 1 fully saturated rings. The van der Waals surface area contributed by atoms with Crippen molar-refractivity contribution in [3.63, 3.8) is 0 Å². The highest BCUT2D eigenvalue weighted by molar-refractivity contribution is 5.86. The zero-order chi connectivity index (χ0) is 13.9. The van der Waals surface area contributed by atoms with Gasteiger partial charge in [-0.2, -0.15) is 15.1 Å². The maximum absolute atomic E-state index is 10.00. The topological polar surface area (TPSA) is 125 Å². The molecule has 8 heteroatoms. The van der Waals surface area contributed by atoms with E-state index in [0.29, 0.717) is 24.0 Å². The SMILES string of the molecule is NNc1nc(NCC2CCCCC2O)c2cn[nH]c2n1. The first-order valence-electron chi connectivity index (χ1n) is 6.87. The van der Waals surface area contributed by atoms with Crippen molar-refractivity contribution < 1.29 is 5.11 Å². The van der Waals surface area contributed by atoms with Gasteiger partial charge in [-0.1, -0.05) is 12.8 Å². The van der Waals surface area contributed by atoms with E-state index in [1.165, 1.54) is 6.42 Å². The van der Waals surface area contributed by atoms with E-state index in [-0.39, 0.29) is 12.0 Å². The van der Waals surface area contributed by atoms with E-state index >= 15 is 0 Å². The Hall–Kier alpha value is -1.93. The second-order valence-corrected chi connectivity index (χ2v) is 5.17. The Kier molecular flexibility index (Phi) is 3.66. The molecule has 0 bridgehead atoms. The summed E-state index contributed by atoms with van der Waals surface area (Å²) in [5, 5.41) is 20.9. The van der Waals surface area contributed by atoms with Crippen LogP contribution in [0.5, 0.6) is 0 Å². The summed E-state index contributed by atoms with van der Waals surface area (Å²) in [6.07, 6.45) is 5.64. The molecule has 2 aromatic heterocycles. The maximum Gasteiger partial charge on any atom is 0.241 e. The number of hydrogen-bond donors (Lipinski definition) is 5. The van der Waals surface area contributed by atoms with Gasteiger partial charge in [-0.25, -0.2) is 5.84 Å². The van der Waals surface area contributed by atoms with E-state index in [0.717, 1.165) is 24.6 Å². The Morgan fingerprint density at radius 1 is 1.35 bits per heavy atom. The van der Waals surface area contributed by atoms with Crippen LogP contribution in [0.2, 0.25) is 0 Å². The van der Waals surface area contributed by atoms with Crippen LogP contribution >= 0.6 is 0 Å². The molecular weight excluding hydrogens is 258 g/mol. The Bertz CT molecular complexity index is 584. The summed E-state index contributed by atoms with van der Waals surface area (Å²) in [6.45, 7) is 0.683. The fourth-order valence-electron chi connectivity index (χ4n) is 2.69. The Balaban J connectivity index is 1.77. The summed E-state index contributed by atoms with van der Waals surface area (Å²) >= 11 is 0. The van der Waals surface area contributed by atoms with Crippen LogP contribution in [0.25, 0.3) is 11.0 Å². The third-order valence-corrected chi connectivity index (χ3v) is 3.84. The minimum Gasteiger partial charge on any atom is -0.393 e. The van der Waals surface area contributed by atoms with Crippen LogP contribution in [0.1, 0.15) is 25.7 Å². The van der Waals surface area contributed by atoms with E-state index in [1.54, 1.807) is 6.20 Å². The summed E-state index contributed by atoms with van der Waals surface area (Å²) < 4.78 is 0. The van der Waals surface area contributed by atoms with E-state index < -0.39 is 0 Å². The molecule has 0 radical (unpaired) electrons. The first kappa shape index (κ1) is 13.1. The quantitative estimate of drug-likeness (QED) is 0.409. The van der Waals surface area contributed by atoms with Crippen LogP contribution in [0.15, 0.2) is 6.20 Å². The average molecular weight is 277 g/mol. The number of aromatic nitrogens is 4. The van der Waals surface area contributed by atoms with Crippen LogP contribution in [0, 0.1) is 5.92 Å². The van der Waals surface area contributed by atoms with Gasteiger partial charge in [0.15, 0.2) is 5.65 Å². The standard InChI is InChI=1S/C12H19N7O/c13-18-12-16-10(8-6-15-19-11(8)17-12)14-5-7-3-1-2-4-9(7)20/h6-7,9,20H,1-5,13H2,(H3,14,15,16,17,18,19). The van der Waals surface area contributed by atoms with Crippen molar-refractivity contribution in [1.82, 2.24) is 20.2 Å². The molecule has 0 aromatic carbocycles. The van der Waals surface area contributed by atoms with Crippen LogP contribution < -0.4 is 16.6 Å². The minimum absolute atomic E-state index is 0.231. The molecule has 1 aliphatic carbocycles. The van der Waals surface area contributed by atoms with E-state index in [9.17, 15) is 5.11 Å². The van der Waals surface area contributed by atoms with Crippen molar-refractivity contribution in [3.8, 4) is 0 Å². The fraction of sp³-hybridized carbons (Fsp3) is 0.583. The highest BCUT2D eigenvalue weighted by atomic mass is 16.3. The number of anilines is 2. The van der Waals surface area contributed by atoms with Crippen molar-refractivity contribution >= 4 is 22.8 Å². The van der Waals surface area contributed by atoms with Crippen LogP contribution in [-0.2, 0) is 0 Å². The molecule has 2 heterocycles. The van der Waals surface area contributed by atoms with E-state index in [4.69, 9.17) is 5.84 Å². The molecule has 2 aromatic rings. The Labute approximate surface area is 116 Å². The van der Waals surface area contributed by atoms with Gasteiger partial charge in [0.05, 0.1) is 17.7 Å². The lowest BCUT2D eigenvalue weighted by atomic mass is 9.86. The van der Waals surface area contributed by atoms with Gasteiger partial charge in [-0.05, 0) is 12.8 Å². The summed E-state index contributed by atoms with van der Waals surface area (Å²) in [4.78, 5) is 8.47. The fourth-order valence-corrected chi connectivity index (χ4v) is 2.69. The van der Waals surface area contributed by atoms with Gasteiger partial charge in [0.1, 0.15) is 5.82 Å². The molecule has 8 nitrogen and oxygen atoms in total. The zero-order valence-corrected chi connectivity index (χ0v) is 11.1. The van der Waals surface area contributed by atoms with Crippen molar-refractivity contribution in [3.05, 3.63) is 6.20 Å². The molecule has 2 atom stereocenters. The van der Waals surface area contributed by atoms with Crippen molar-refractivity contribution in [2.45, 2.75) is 31.8 Å². The second-order valence-electron chi connectivity index (χ2n) is 5.17. The lowest BCUT2D eigenvalue weighted by Crippen LogP contribution is -2.30. The minimum atomic E-state index is -0.231. The summed E-state index contributed by atoms with van der Waals surface area (Å²) in [5.74, 6) is 6.62. The number of nitrogens with two attached hydrogens (primary N) is 1. The number of H-pyrrole nitrogens is 1. The number of hydrogen-bond acceptors (Lipinski definition) is 7. The molecule has 1 saturated carbocycles. The van der Waals surface area contributed by atoms with Gasteiger partial charge in [-0.3, -0.25) is 10.5 Å². The second kappa shape index (κ2) is 5.59. The van der Waals surface area contributed by atoms with Gasteiger partial charge in [-0.15, -0.1) is 0 Å². The monoisotopic (exact) mass is 277 g/mol. The number of fused-ring (bicyclic) bond motifs is 1. The van der Waals surface area contributed by atoms with Gasteiger partial charge >= 0.3 is 0 Å². The largest absolute Gasteiger partial charge is 0.393 e. The summed E-state index contributed by atoms with van der Waals surface area (Å²) in [5.41, 5.74) is 3.06. The molecule has 2 unspecified atom stereocenters. The molecule has 1 aliphatic rings. The molecule has 0 amide bonds. The summed E-state index contributed by atoms with van der Waals surface area (Å²) in [6, 6.07) is 0. The maximum atomic E-state index is 10.00. The molecular formula is C12H19N7O. The lowest BCUT2D eigenvalue weighted by molar-refractivity contribution is 0.0763. The van der Waals surface area contributed by atoms with Crippen LogP contribution in [-0.4, -0.2) is 37.9 Å². The highest BCUT2D eigenvalue weighted by Crippen LogP contribution is 2.26. The first-order valence-corrected chi connectivity index (χ1v) is 6.87. The van der Waals surface area contributed by atoms with Crippen LogP contribution in [0.3, 0.4) is 0 Å². The third-order valence-electron chi connectivity index (χ3n) is 3.84. The number of nitrogen functional groups attached to an aromatic ring is 1. The van der Waals surface area contributed by atoms with Gasteiger partial charge in [0, 0.05) is 12.5 Å². The van der Waals surface area contributed by atoms with Crippen molar-refractivity contribution in [2.24, 2.45) is 11.8 Å². The van der Waals surface area contributed by atoms with Gasteiger partial charge in [0.2, 0.25) is 5.95 Å². The Morgan fingerprint density at radius 2 is 2.20 bits per heavy atom. The van der Waals surface area contributed by atoms with Gasteiger partial charge in [0.25, 0.3) is 0 Å². The van der Waals surface area contributed by atoms with Crippen molar-refractivity contribution in [1.29, 1.82) is 0 Å². The highest BCUT2D eigenvalue weighted by Gasteiger charge is 2.23. The number of rotatable bonds is 4. The van der Waals surface area contributed by atoms with E-state index in [2.05, 4.69) is 30.9 Å². The Morgan fingerprint density at radius 3 is 3.00 bits per heavy atom. The molecule has 20 heavy (non-hydrogen) atoms. The third kappa shape index (κ3) is 2.52. The molecule has 0 saturated heterocycles. The number of nitrogens with one attached hydrogen (secondary N) is 3. The molecule has 0 spiro atoms.